The second-order valence-corrected chi connectivity index (χ2v) is 5.08. The molecule has 0 radical (unpaired) electrons. The fraction of sp³-hybridized carbons (Fsp3) is 0.214. The van der Waals surface area contributed by atoms with E-state index in [4.69, 9.17) is 4.74 Å². The maximum Gasteiger partial charge on any atom is 0.189 e. The Kier molecular flexibility index (Phi) is 4.03. The third-order valence-corrected chi connectivity index (χ3v) is 3.59. The van der Waals surface area contributed by atoms with Gasteiger partial charge in [0, 0.05) is 11.9 Å². The van der Waals surface area contributed by atoms with Crippen molar-refractivity contribution in [1.29, 1.82) is 0 Å². The van der Waals surface area contributed by atoms with Gasteiger partial charge in [-0.05, 0) is 33.9 Å². The smallest absolute Gasteiger partial charge is 0.189 e. The van der Waals surface area contributed by atoms with Gasteiger partial charge < -0.3 is 4.74 Å². The van der Waals surface area contributed by atoms with E-state index in [9.17, 15) is 0 Å². The van der Waals surface area contributed by atoms with Crippen molar-refractivity contribution in [2.45, 2.75) is 19.6 Å². The summed E-state index contributed by atoms with van der Waals surface area (Å²) < 4.78 is 7.42. The van der Waals surface area contributed by atoms with E-state index >= 15 is 0 Å². The van der Waals surface area contributed by atoms with Crippen molar-refractivity contribution in [1.82, 2.24) is 20.2 Å². The van der Waals surface area contributed by atoms with Crippen molar-refractivity contribution >= 4 is 11.3 Å². The number of tetrazole rings is 1. The van der Waals surface area contributed by atoms with Crippen LogP contribution in [-0.4, -0.2) is 20.2 Å². The Hall–Kier alpha value is -2.21. The zero-order chi connectivity index (χ0) is 13.6. The lowest BCUT2D eigenvalue weighted by molar-refractivity contribution is 0.287. The minimum atomic E-state index is 0.387. The molecule has 0 spiro atoms. The minimum absolute atomic E-state index is 0.387. The zero-order valence-electron chi connectivity index (χ0n) is 10.8. The average Bonchev–Trinajstić information content (AvgIpc) is 3.15. The molecule has 3 rings (SSSR count). The third-order valence-electron chi connectivity index (χ3n) is 2.92. The first-order chi connectivity index (χ1) is 9.92. The Morgan fingerprint density at radius 1 is 1.15 bits per heavy atom. The summed E-state index contributed by atoms with van der Waals surface area (Å²) in [5.41, 5.74) is 1.27. The molecule has 0 aliphatic heterocycles. The minimum Gasteiger partial charge on any atom is -0.485 e. The van der Waals surface area contributed by atoms with Gasteiger partial charge >= 0.3 is 0 Å². The van der Waals surface area contributed by atoms with Gasteiger partial charge in [0.2, 0.25) is 0 Å². The summed E-state index contributed by atoms with van der Waals surface area (Å²) >= 11 is 1.61. The third kappa shape index (κ3) is 3.21. The van der Waals surface area contributed by atoms with Crippen LogP contribution in [0, 0.1) is 0 Å². The Balaban J connectivity index is 1.59. The molecule has 5 nitrogen and oxygen atoms in total. The van der Waals surface area contributed by atoms with Crippen molar-refractivity contribution in [2.24, 2.45) is 0 Å². The van der Waals surface area contributed by atoms with Crippen molar-refractivity contribution < 1.29 is 4.74 Å². The molecule has 3 aromatic rings. The van der Waals surface area contributed by atoms with Crippen LogP contribution in [0.1, 0.15) is 11.4 Å². The Bertz CT molecular complexity index is 636. The van der Waals surface area contributed by atoms with E-state index in [0.717, 1.165) is 24.5 Å². The summed E-state index contributed by atoms with van der Waals surface area (Å²) in [6.45, 7) is 1.14. The lowest BCUT2D eigenvalue weighted by Gasteiger charge is -2.05. The fourth-order valence-electron chi connectivity index (χ4n) is 1.86. The molecule has 0 amide bonds. The molecule has 2 heterocycles. The van der Waals surface area contributed by atoms with Crippen LogP contribution in [0.3, 0.4) is 0 Å². The Labute approximate surface area is 120 Å². The Morgan fingerprint density at radius 3 is 2.85 bits per heavy atom. The van der Waals surface area contributed by atoms with E-state index in [2.05, 4.69) is 27.7 Å². The first-order valence-electron chi connectivity index (χ1n) is 6.36. The van der Waals surface area contributed by atoms with Gasteiger partial charge in [-0.3, -0.25) is 0 Å². The van der Waals surface area contributed by atoms with Gasteiger partial charge in [-0.1, -0.05) is 30.3 Å². The van der Waals surface area contributed by atoms with Crippen molar-refractivity contribution in [3.63, 3.8) is 0 Å². The largest absolute Gasteiger partial charge is 0.485 e. The number of thiophene rings is 1. The number of aromatic nitrogens is 4. The molecule has 0 aliphatic carbocycles. The summed E-state index contributed by atoms with van der Waals surface area (Å²) in [6, 6.07) is 12.2. The predicted molar refractivity (Wildman–Crippen MR) is 76.6 cm³/mol. The maximum absolute atomic E-state index is 5.63. The summed E-state index contributed by atoms with van der Waals surface area (Å²) in [5.74, 6) is 1.60. The van der Waals surface area contributed by atoms with Gasteiger partial charge in [0.1, 0.15) is 12.4 Å². The lowest BCUT2D eigenvalue weighted by Crippen LogP contribution is -2.10. The van der Waals surface area contributed by atoms with Gasteiger partial charge in [-0.25, -0.2) is 4.68 Å². The molecular weight excluding hydrogens is 272 g/mol. The number of aryl methyl sites for hydroxylation is 2. The van der Waals surface area contributed by atoms with Crippen LogP contribution in [0.25, 0.3) is 0 Å². The molecule has 0 bridgehead atoms. The van der Waals surface area contributed by atoms with Crippen LogP contribution in [0.4, 0.5) is 0 Å². The number of nitrogens with zero attached hydrogens (tertiary/aromatic N) is 4. The first-order valence-corrected chi connectivity index (χ1v) is 7.30. The van der Waals surface area contributed by atoms with E-state index in [1.54, 1.807) is 16.0 Å². The molecule has 1 aromatic carbocycles. The van der Waals surface area contributed by atoms with Crippen molar-refractivity contribution in [2.75, 3.05) is 0 Å². The van der Waals surface area contributed by atoms with Crippen LogP contribution >= 0.6 is 11.3 Å². The molecule has 0 aliphatic rings. The highest BCUT2D eigenvalue weighted by atomic mass is 32.1. The Morgan fingerprint density at radius 2 is 2.05 bits per heavy atom. The van der Waals surface area contributed by atoms with Gasteiger partial charge in [0.15, 0.2) is 5.82 Å². The van der Waals surface area contributed by atoms with Gasteiger partial charge in [0.25, 0.3) is 0 Å². The monoisotopic (exact) mass is 286 g/mol. The summed E-state index contributed by atoms with van der Waals surface area (Å²) in [4.78, 5) is 0. The molecule has 0 saturated carbocycles. The molecule has 0 fully saturated rings. The quantitative estimate of drug-likeness (QED) is 0.699. The molecule has 0 atom stereocenters. The van der Waals surface area contributed by atoms with E-state index in [1.165, 1.54) is 5.56 Å². The molecular formula is C14H14N4OS. The van der Waals surface area contributed by atoms with Crippen LogP contribution in [0.15, 0.2) is 47.2 Å². The molecule has 2 aromatic heterocycles. The number of hydrogen-bond acceptors (Lipinski definition) is 5. The first kappa shape index (κ1) is 12.8. The van der Waals surface area contributed by atoms with Gasteiger partial charge in [-0.15, -0.1) is 16.4 Å². The molecule has 0 unspecified atom stereocenters. The molecule has 102 valence electrons. The second-order valence-electron chi connectivity index (χ2n) is 4.30. The zero-order valence-corrected chi connectivity index (χ0v) is 11.7. The standard InChI is InChI=1S/C14H14N4OS/c1-2-4-12(5-3-1)6-8-18-14(15-16-17-18)10-19-13-7-9-20-11-13/h1-5,7,9,11H,6,8,10H2. The summed E-state index contributed by atoms with van der Waals surface area (Å²) in [5, 5.41) is 15.7. The SMILES string of the molecule is c1ccc(CCn2nnnc2COc2ccsc2)cc1. The van der Waals surface area contributed by atoms with Crippen LogP contribution < -0.4 is 4.74 Å². The summed E-state index contributed by atoms with van der Waals surface area (Å²) in [6.07, 6.45) is 0.900. The average molecular weight is 286 g/mol. The van der Waals surface area contributed by atoms with E-state index < -0.39 is 0 Å². The highest BCUT2D eigenvalue weighted by Gasteiger charge is 2.07. The number of hydrogen-bond donors (Lipinski definition) is 0. The second kappa shape index (κ2) is 6.29. The summed E-state index contributed by atoms with van der Waals surface area (Å²) in [7, 11) is 0. The normalized spacial score (nSPS) is 10.6. The maximum atomic E-state index is 5.63. The van der Waals surface area contributed by atoms with Crippen LogP contribution in [0.5, 0.6) is 5.75 Å². The number of benzene rings is 1. The molecule has 20 heavy (non-hydrogen) atoms. The van der Waals surface area contributed by atoms with E-state index in [0.29, 0.717) is 6.61 Å². The molecule has 0 N–H and O–H groups in total. The van der Waals surface area contributed by atoms with E-state index in [1.807, 2.05) is 35.0 Å². The highest BCUT2D eigenvalue weighted by molar-refractivity contribution is 7.08. The lowest BCUT2D eigenvalue weighted by atomic mass is 10.1. The number of rotatable bonds is 6. The molecule has 6 heteroatoms. The van der Waals surface area contributed by atoms with Crippen LogP contribution in [0.2, 0.25) is 0 Å². The van der Waals surface area contributed by atoms with Crippen molar-refractivity contribution in [3.05, 3.63) is 58.5 Å². The topological polar surface area (TPSA) is 52.8 Å². The highest BCUT2D eigenvalue weighted by Crippen LogP contribution is 2.15. The van der Waals surface area contributed by atoms with Crippen LogP contribution in [-0.2, 0) is 19.6 Å². The predicted octanol–water partition coefficient (Wildman–Crippen LogP) is 2.56. The van der Waals surface area contributed by atoms with E-state index in [-0.39, 0.29) is 0 Å². The number of ether oxygens (including phenoxy) is 1. The van der Waals surface area contributed by atoms with Gasteiger partial charge in [0.05, 0.1) is 0 Å². The van der Waals surface area contributed by atoms with Gasteiger partial charge in [-0.2, -0.15) is 0 Å². The molecule has 0 saturated heterocycles. The van der Waals surface area contributed by atoms with Crippen molar-refractivity contribution in [3.8, 4) is 5.75 Å². The fourth-order valence-corrected chi connectivity index (χ4v) is 2.43.